The van der Waals surface area contributed by atoms with Gasteiger partial charge in [0.05, 0.1) is 23.0 Å². The molecule has 6 nitrogen and oxygen atoms in total. The van der Waals surface area contributed by atoms with Crippen molar-refractivity contribution < 1.29 is 19.1 Å². The molecule has 0 radical (unpaired) electrons. The van der Waals surface area contributed by atoms with Gasteiger partial charge in [-0.15, -0.1) is 23.1 Å². The topological polar surface area (TPSA) is 84.5 Å². The first-order valence-electron chi connectivity index (χ1n) is 8.06. The van der Waals surface area contributed by atoms with E-state index < -0.39 is 12.1 Å². The molecule has 26 heavy (non-hydrogen) atoms. The van der Waals surface area contributed by atoms with E-state index in [4.69, 9.17) is 4.74 Å². The summed E-state index contributed by atoms with van der Waals surface area (Å²) in [6, 6.07) is 8.80. The van der Waals surface area contributed by atoms with Crippen molar-refractivity contribution in [2.75, 3.05) is 5.32 Å². The van der Waals surface area contributed by atoms with Crippen LogP contribution in [0.1, 0.15) is 29.1 Å². The first kappa shape index (κ1) is 18.5. The zero-order valence-corrected chi connectivity index (χ0v) is 15.9. The SMILES string of the molecule is CC(OC(=O)c1ccc2c(c1)NC(=O)C(C)S2)C(=O)NCc1cccs1. The zero-order chi connectivity index (χ0) is 18.7. The number of thioether (sulfide) groups is 1. The Bertz CT molecular complexity index is 836. The van der Waals surface area contributed by atoms with Gasteiger partial charge in [0.15, 0.2) is 6.10 Å². The molecule has 3 rings (SSSR count). The van der Waals surface area contributed by atoms with Gasteiger partial charge in [-0.25, -0.2) is 4.79 Å². The molecular formula is C18H18N2O4S2. The molecule has 2 unspecified atom stereocenters. The maximum absolute atomic E-state index is 12.3. The minimum Gasteiger partial charge on any atom is -0.449 e. The third kappa shape index (κ3) is 4.25. The largest absolute Gasteiger partial charge is 0.449 e. The second-order valence-corrected chi connectivity index (χ2v) is 8.22. The zero-order valence-electron chi connectivity index (χ0n) is 14.3. The highest BCUT2D eigenvalue weighted by Gasteiger charge is 2.25. The van der Waals surface area contributed by atoms with Crippen LogP contribution in [0, 0.1) is 0 Å². The highest BCUT2D eigenvalue weighted by Crippen LogP contribution is 2.36. The Morgan fingerprint density at radius 3 is 2.88 bits per heavy atom. The van der Waals surface area contributed by atoms with Crippen LogP contribution < -0.4 is 10.6 Å². The van der Waals surface area contributed by atoms with Gasteiger partial charge in [-0.1, -0.05) is 6.07 Å². The molecule has 1 aliphatic rings. The van der Waals surface area contributed by atoms with Crippen LogP contribution in [0.4, 0.5) is 5.69 Å². The van der Waals surface area contributed by atoms with Gasteiger partial charge >= 0.3 is 5.97 Å². The van der Waals surface area contributed by atoms with Crippen LogP contribution in [0.5, 0.6) is 0 Å². The van der Waals surface area contributed by atoms with Crippen molar-refractivity contribution in [1.82, 2.24) is 5.32 Å². The van der Waals surface area contributed by atoms with Crippen LogP contribution >= 0.6 is 23.1 Å². The Morgan fingerprint density at radius 2 is 2.15 bits per heavy atom. The molecule has 0 fully saturated rings. The van der Waals surface area contributed by atoms with E-state index in [0.717, 1.165) is 9.77 Å². The molecule has 1 aliphatic heterocycles. The number of fused-ring (bicyclic) bond motifs is 1. The van der Waals surface area contributed by atoms with Crippen LogP contribution in [0.3, 0.4) is 0 Å². The lowest BCUT2D eigenvalue weighted by Gasteiger charge is -2.21. The monoisotopic (exact) mass is 390 g/mol. The standard InChI is InChI=1S/C18H18N2O4S2/c1-10(16(21)19-9-13-4-3-7-25-13)24-18(23)12-5-6-15-14(8-12)20-17(22)11(2)26-15/h3-8,10-11H,9H2,1-2H3,(H,19,21)(H,20,22). The number of hydrogen-bond acceptors (Lipinski definition) is 6. The van der Waals surface area contributed by atoms with Gasteiger partial charge in [-0.2, -0.15) is 0 Å². The Balaban J connectivity index is 1.60. The van der Waals surface area contributed by atoms with E-state index in [9.17, 15) is 14.4 Å². The van der Waals surface area contributed by atoms with Crippen LogP contribution in [0.15, 0.2) is 40.6 Å². The molecule has 0 saturated carbocycles. The second kappa shape index (κ2) is 7.92. The summed E-state index contributed by atoms with van der Waals surface area (Å²) in [5, 5.41) is 7.26. The number of ether oxygens (including phenoxy) is 1. The van der Waals surface area contributed by atoms with Gasteiger partial charge < -0.3 is 15.4 Å². The van der Waals surface area contributed by atoms with Gasteiger partial charge in [-0.3, -0.25) is 9.59 Å². The van der Waals surface area contributed by atoms with Crippen LogP contribution in [-0.2, 0) is 20.9 Å². The van der Waals surface area contributed by atoms with Crippen LogP contribution in [0.2, 0.25) is 0 Å². The Morgan fingerprint density at radius 1 is 1.35 bits per heavy atom. The van der Waals surface area contributed by atoms with E-state index in [1.54, 1.807) is 29.5 Å². The fourth-order valence-electron chi connectivity index (χ4n) is 2.35. The minimum absolute atomic E-state index is 0.102. The van der Waals surface area contributed by atoms with Crippen LogP contribution in [-0.4, -0.2) is 29.1 Å². The van der Waals surface area contributed by atoms with Crippen molar-refractivity contribution in [3.63, 3.8) is 0 Å². The molecule has 2 amide bonds. The number of nitrogens with one attached hydrogen (secondary N) is 2. The van der Waals surface area contributed by atoms with Crippen LogP contribution in [0.25, 0.3) is 0 Å². The summed E-state index contributed by atoms with van der Waals surface area (Å²) in [5.41, 5.74) is 0.874. The lowest BCUT2D eigenvalue weighted by atomic mass is 10.2. The first-order valence-corrected chi connectivity index (χ1v) is 9.82. The van der Waals surface area contributed by atoms with Crippen molar-refractivity contribution in [2.45, 2.75) is 36.6 Å². The highest BCUT2D eigenvalue weighted by molar-refractivity contribution is 8.00. The molecule has 0 spiro atoms. The molecule has 0 saturated heterocycles. The summed E-state index contributed by atoms with van der Waals surface area (Å²) < 4.78 is 5.24. The number of rotatable bonds is 5. The summed E-state index contributed by atoms with van der Waals surface area (Å²) in [6.07, 6.45) is -0.914. The fraction of sp³-hybridized carbons (Fsp3) is 0.278. The number of benzene rings is 1. The number of carbonyl (C=O) groups excluding carboxylic acids is 3. The summed E-state index contributed by atoms with van der Waals surface area (Å²) in [5.74, 6) is -1.07. The molecule has 1 aromatic heterocycles. The number of carbonyl (C=O) groups is 3. The number of thiophene rings is 1. The molecule has 2 N–H and O–H groups in total. The average molecular weight is 390 g/mol. The molecule has 8 heteroatoms. The van der Waals surface area contributed by atoms with Gasteiger partial charge in [-0.05, 0) is 43.5 Å². The number of esters is 1. The average Bonchev–Trinajstić information content (AvgIpc) is 3.13. The number of amides is 2. The van der Waals surface area contributed by atoms with E-state index in [1.807, 2.05) is 24.4 Å². The van der Waals surface area contributed by atoms with E-state index in [-0.39, 0.29) is 22.6 Å². The molecule has 0 aliphatic carbocycles. The normalized spacial score (nSPS) is 17.0. The fourth-order valence-corrected chi connectivity index (χ4v) is 3.92. The van der Waals surface area contributed by atoms with Gasteiger partial charge in [0.2, 0.25) is 5.91 Å². The van der Waals surface area contributed by atoms with Crippen molar-refractivity contribution >= 4 is 46.6 Å². The summed E-state index contributed by atoms with van der Waals surface area (Å²) >= 11 is 2.98. The smallest absolute Gasteiger partial charge is 0.338 e. The van der Waals surface area contributed by atoms with Gasteiger partial charge in [0.25, 0.3) is 5.91 Å². The quantitative estimate of drug-likeness (QED) is 0.767. The lowest BCUT2D eigenvalue weighted by Crippen LogP contribution is -2.35. The molecule has 0 bridgehead atoms. The summed E-state index contributed by atoms with van der Waals surface area (Å²) in [7, 11) is 0. The van der Waals surface area contributed by atoms with Crippen molar-refractivity contribution in [2.24, 2.45) is 0 Å². The molecule has 2 aromatic rings. The Labute approximate surface area is 159 Å². The van der Waals surface area contributed by atoms with Crippen molar-refractivity contribution in [1.29, 1.82) is 0 Å². The van der Waals surface area contributed by atoms with Gasteiger partial charge in [0.1, 0.15) is 0 Å². The predicted molar refractivity (Wildman–Crippen MR) is 101 cm³/mol. The molecule has 136 valence electrons. The minimum atomic E-state index is -0.914. The summed E-state index contributed by atoms with van der Waals surface area (Å²) in [4.78, 5) is 38.1. The maximum atomic E-state index is 12.3. The third-order valence-corrected chi connectivity index (χ3v) is 5.87. The number of anilines is 1. The highest BCUT2D eigenvalue weighted by atomic mass is 32.2. The maximum Gasteiger partial charge on any atom is 0.338 e. The number of hydrogen-bond donors (Lipinski definition) is 2. The first-order chi connectivity index (χ1) is 12.4. The molecule has 2 atom stereocenters. The van der Waals surface area contributed by atoms with Crippen molar-refractivity contribution in [3.8, 4) is 0 Å². The molecule has 2 heterocycles. The lowest BCUT2D eigenvalue weighted by molar-refractivity contribution is -0.129. The Hall–Kier alpha value is -2.32. The van der Waals surface area contributed by atoms with E-state index >= 15 is 0 Å². The molecular weight excluding hydrogens is 372 g/mol. The Kier molecular flexibility index (Phi) is 5.63. The second-order valence-electron chi connectivity index (χ2n) is 5.80. The summed E-state index contributed by atoms with van der Waals surface area (Å²) in [6.45, 7) is 3.75. The molecule has 1 aromatic carbocycles. The third-order valence-electron chi connectivity index (χ3n) is 3.82. The van der Waals surface area contributed by atoms with E-state index in [0.29, 0.717) is 12.2 Å². The predicted octanol–water partition coefficient (Wildman–Crippen LogP) is 3.04. The van der Waals surface area contributed by atoms with E-state index in [2.05, 4.69) is 10.6 Å². The van der Waals surface area contributed by atoms with Crippen molar-refractivity contribution in [3.05, 3.63) is 46.2 Å². The van der Waals surface area contributed by atoms with Gasteiger partial charge in [0, 0.05) is 9.77 Å². The van der Waals surface area contributed by atoms with E-state index in [1.165, 1.54) is 18.7 Å².